The lowest BCUT2D eigenvalue weighted by Gasteiger charge is -2.24. The average molecular weight is 137 g/mol. The minimum absolute atomic E-state index is 0.704. The third-order valence-corrected chi connectivity index (χ3v) is 3.52. The van der Waals surface area contributed by atoms with Gasteiger partial charge in [0.05, 0.1) is 0 Å². The van der Waals surface area contributed by atoms with Crippen LogP contribution in [-0.2, 0) is 0 Å². The Kier molecular flexibility index (Phi) is 1.51. The standard InChI is InChI=1S/C10H17/c1-7(2)10-6-8-3-4-9(10)5-8/h7-10H,1,3-6H2,2H3. The molecule has 2 aliphatic rings. The molecule has 0 spiro atoms. The van der Waals surface area contributed by atoms with E-state index in [2.05, 4.69) is 13.8 Å². The predicted octanol–water partition coefficient (Wildman–Crippen LogP) is 2.89. The van der Waals surface area contributed by atoms with Crippen molar-refractivity contribution < 1.29 is 0 Å². The summed E-state index contributed by atoms with van der Waals surface area (Å²) in [5, 5.41) is 0. The molecular weight excluding hydrogens is 120 g/mol. The van der Waals surface area contributed by atoms with Gasteiger partial charge in [-0.15, -0.1) is 0 Å². The van der Waals surface area contributed by atoms with Gasteiger partial charge >= 0.3 is 0 Å². The van der Waals surface area contributed by atoms with E-state index in [1.807, 2.05) is 0 Å². The predicted molar refractivity (Wildman–Crippen MR) is 43.5 cm³/mol. The smallest absolute Gasteiger partial charge is 0.0357 e. The second kappa shape index (κ2) is 2.25. The van der Waals surface area contributed by atoms with Gasteiger partial charge in [-0.25, -0.2) is 0 Å². The molecule has 0 aliphatic heterocycles. The Hall–Kier alpha value is 0. The number of hydrogen-bond acceptors (Lipinski definition) is 0. The quantitative estimate of drug-likeness (QED) is 0.521. The lowest BCUT2D eigenvalue weighted by Crippen LogP contribution is -2.16. The first-order chi connectivity index (χ1) is 4.77. The maximum absolute atomic E-state index is 4.14. The van der Waals surface area contributed by atoms with E-state index < -0.39 is 0 Å². The molecule has 4 unspecified atom stereocenters. The lowest BCUT2D eigenvalue weighted by atomic mass is 9.81. The van der Waals surface area contributed by atoms with Gasteiger partial charge < -0.3 is 0 Å². The Labute approximate surface area is 64.0 Å². The highest BCUT2D eigenvalue weighted by molar-refractivity contribution is 4.92. The van der Waals surface area contributed by atoms with Crippen LogP contribution in [0.3, 0.4) is 0 Å². The van der Waals surface area contributed by atoms with E-state index in [9.17, 15) is 0 Å². The highest BCUT2D eigenvalue weighted by Crippen LogP contribution is 2.50. The minimum atomic E-state index is 0.704. The van der Waals surface area contributed by atoms with Crippen molar-refractivity contribution in [2.45, 2.75) is 32.6 Å². The SMILES string of the molecule is [CH2]C(C)C1CC2CCC1C2. The fraction of sp³-hybridized carbons (Fsp3) is 0.900. The lowest BCUT2D eigenvalue weighted by molar-refractivity contribution is 0.274. The molecule has 0 N–H and O–H groups in total. The van der Waals surface area contributed by atoms with Crippen LogP contribution in [0.5, 0.6) is 0 Å². The van der Waals surface area contributed by atoms with Crippen LogP contribution in [0.25, 0.3) is 0 Å². The molecule has 57 valence electrons. The fourth-order valence-electron chi connectivity index (χ4n) is 2.99. The van der Waals surface area contributed by atoms with Crippen LogP contribution in [0.15, 0.2) is 0 Å². The fourth-order valence-corrected chi connectivity index (χ4v) is 2.99. The third-order valence-electron chi connectivity index (χ3n) is 3.52. The Morgan fingerprint density at radius 3 is 2.40 bits per heavy atom. The maximum atomic E-state index is 4.14. The molecule has 2 bridgehead atoms. The van der Waals surface area contributed by atoms with Gasteiger partial charge in [-0.1, -0.05) is 20.3 Å². The number of rotatable bonds is 1. The molecule has 0 saturated heterocycles. The first-order valence-corrected chi connectivity index (χ1v) is 4.60. The van der Waals surface area contributed by atoms with Crippen LogP contribution in [0, 0.1) is 30.6 Å². The largest absolute Gasteiger partial charge is 0.0622 e. The summed E-state index contributed by atoms with van der Waals surface area (Å²) in [6.45, 7) is 6.42. The van der Waals surface area contributed by atoms with Gasteiger partial charge in [-0.3, -0.25) is 0 Å². The molecule has 0 aromatic rings. The normalized spacial score (nSPS) is 45.3. The summed E-state index contributed by atoms with van der Waals surface area (Å²) in [6.07, 6.45) is 6.06. The monoisotopic (exact) mass is 137 g/mol. The summed E-state index contributed by atoms with van der Waals surface area (Å²) in [7, 11) is 0. The van der Waals surface area contributed by atoms with E-state index in [1.54, 1.807) is 0 Å². The van der Waals surface area contributed by atoms with E-state index in [0.29, 0.717) is 5.92 Å². The Morgan fingerprint density at radius 1 is 1.30 bits per heavy atom. The van der Waals surface area contributed by atoms with E-state index in [4.69, 9.17) is 0 Å². The number of fused-ring (bicyclic) bond motifs is 2. The summed E-state index contributed by atoms with van der Waals surface area (Å²) in [5.74, 6) is 3.85. The van der Waals surface area contributed by atoms with Crippen LogP contribution in [-0.4, -0.2) is 0 Å². The second-order valence-electron chi connectivity index (χ2n) is 4.32. The molecular formula is C10H17. The van der Waals surface area contributed by atoms with E-state index in [-0.39, 0.29) is 0 Å². The highest BCUT2D eigenvalue weighted by atomic mass is 14.5. The van der Waals surface area contributed by atoms with Crippen molar-refractivity contribution in [2.24, 2.45) is 23.7 Å². The molecule has 0 amide bonds. The van der Waals surface area contributed by atoms with Crippen molar-refractivity contribution in [1.29, 1.82) is 0 Å². The van der Waals surface area contributed by atoms with Crippen LogP contribution in [0.1, 0.15) is 32.6 Å². The van der Waals surface area contributed by atoms with Gasteiger partial charge in [-0.2, -0.15) is 0 Å². The topological polar surface area (TPSA) is 0 Å². The summed E-state index contributed by atoms with van der Waals surface area (Å²) in [6, 6.07) is 0. The zero-order valence-electron chi connectivity index (χ0n) is 6.84. The molecule has 2 fully saturated rings. The first-order valence-electron chi connectivity index (χ1n) is 4.60. The van der Waals surface area contributed by atoms with Crippen molar-refractivity contribution in [3.8, 4) is 0 Å². The van der Waals surface area contributed by atoms with Crippen molar-refractivity contribution >= 4 is 0 Å². The van der Waals surface area contributed by atoms with Gasteiger partial charge in [0, 0.05) is 0 Å². The van der Waals surface area contributed by atoms with Crippen molar-refractivity contribution in [1.82, 2.24) is 0 Å². The molecule has 0 aromatic heterocycles. The Morgan fingerprint density at radius 2 is 2.10 bits per heavy atom. The third kappa shape index (κ3) is 0.889. The van der Waals surface area contributed by atoms with E-state index >= 15 is 0 Å². The van der Waals surface area contributed by atoms with E-state index in [1.165, 1.54) is 25.7 Å². The van der Waals surface area contributed by atoms with Crippen LogP contribution in [0.4, 0.5) is 0 Å². The van der Waals surface area contributed by atoms with Gasteiger partial charge in [0.2, 0.25) is 0 Å². The second-order valence-corrected chi connectivity index (χ2v) is 4.32. The molecule has 2 aliphatic carbocycles. The molecule has 4 atom stereocenters. The van der Waals surface area contributed by atoms with Gasteiger partial charge in [0.1, 0.15) is 0 Å². The molecule has 1 radical (unpaired) electrons. The van der Waals surface area contributed by atoms with Crippen molar-refractivity contribution in [2.75, 3.05) is 0 Å². The number of hydrogen-bond donors (Lipinski definition) is 0. The Bertz CT molecular complexity index is 126. The van der Waals surface area contributed by atoms with Gasteiger partial charge in [-0.05, 0) is 42.9 Å². The van der Waals surface area contributed by atoms with Crippen LogP contribution < -0.4 is 0 Å². The summed E-state index contributed by atoms with van der Waals surface area (Å²) in [5.41, 5.74) is 0. The molecule has 0 nitrogen and oxygen atoms in total. The van der Waals surface area contributed by atoms with Crippen molar-refractivity contribution in [3.05, 3.63) is 6.92 Å². The van der Waals surface area contributed by atoms with Gasteiger partial charge in [0.25, 0.3) is 0 Å². The van der Waals surface area contributed by atoms with Crippen LogP contribution in [0.2, 0.25) is 0 Å². The summed E-state index contributed by atoms with van der Waals surface area (Å²) in [4.78, 5) is 0. The molecule has 0 heteroatoms. The first kappa shape index (κ1) is 6.69. The summed E-state index contributed by atoms with van der Waals surface area (Å²) >= 11 is 0. The molecule has 0 heterocycles. The zero-order valence-corrected chi connectivity index (χ0v) is 6.84. The molecule has 2 rings (SSSR count). The van der Waals surface area contributed by atoms with Gasteiger partial charge in [0.15, 0.2) is 0 Å². The van der Waals surface area contributed by atoms with Crippen LogP contribution >= 0.6 is 0 Å². The Balaban J connectivity index is 2.02. The molecule has 2 saturated carbocycles. The zero-order chi connectivity index (χ0) is 7.14. The minimum Gasteiger partial charge on any atom is -0.0622 e. The molecule has 10 heavy (non-hydrogen) atoms. The maximum Gasteiger partial charge on any atom is -0.0357 e. The highest BCUT2D eigenvalue weighted by Gasteiger charge is 2.40. The van der Waals surface area contributed by atoms with Crippen molar-refractivity contribution in [3.63, 3.8) is 0 Å². The average Bonchev–Trinajstić information content (AvgIpc) is 2.44. The molecule has 0 aromatic carbocycles. The summed E-state index contributed by atoms with van der Waals surface area (Å²) < 4.78 is 0. The van der Waals surface area contributed by atoms with E-state index in [0.717, 1.165) is 17.8 Å².